The van der Waals surface area contributed by atoms with Crippen LogP contribution in [0.3, 0.4) is 0 Å². The molecule has 1 heterocycles. The molecule has 1 aliphatic rings. The number of pyridine rings is 1. The third kappa shape index (κ3) is 4.90. The van der Waals surface area contributed by atoms with Gasteiger partial charge in [-0.1, -0.05) is 23.2 Å². The highest BCUT2D eigenvalue weighted by molar-refractivity contribution is 7.89. The summed E-state index contributed by atoms with van der Waals surface area (Å²) in [6.45, 7) is 0.194. The molecule has 1 aromatic carbocycles. The van der Waals surface area contributed by atoms with Gasteiger partial charge in [0.25, 0.3) is 5.91 Å². The van der Waals surface area contributed by atoms with E-state index in [9.17, 15) is 13.2 Å². The van der Waals surface area contributed by atoms with Crippen LogP contribution in [0.5, 0.6) is 5.88 Å². The quantitative estimate of drug-likeness (QED) is 0.704. The number of rotatable bonds is 7. The summed E-state index contributed by atoms with van der Waals surface area (Å²) in [5, 5.41) is 2.72. The Labute approximate surface area is 167 Å². The summed E-state index contributed by atoms with van der Waals surface area (Å²) in [4.78, 5) is 16.3. The van der Waals surface area contributed by atoms with Crippen molar-refractivity contribution in [2.45, 2.75) is 30.3 Å². The maximum Gasteiger partial charge on any atom is 0.253 e. The van der Waals surface area contributed by atoms with Crippen molar-refractivity contribution in [3.8, 4) is 5.88 Å². The zero-order chi connectivity index (χ0) is 19.6. The summed E-state index contributed by atoms with van der Waals surface area (Å²) in [5.41, 5.74) is 0.793. The number of benzene rings is 1. The first-order valence-corrected chi connectivity index (χ1v) is 10.3. The lowest BCUT2D eigenvalue weighted by atomic mass is 10.2. The first-order chi connectivity index (χ1) is 12.8. The average molecular weight is 430 g/mol. The number of nitrogens with one attached hydrogen (secondary N) is 2. The zero-order valence-electron chi connectivity index (χ0n) is 14.3. The molecule has 0 unspecified atom stereocenters. The molecule has 1 aliphatic carbocycles. The van der Waals surface area contributed by atoms with E-state index in [2.05, 4.69) is 15.0 Å². The number of aromatic nitrogens is 1. The summed E-state index contributed by atoms with van der Waals surface area (Å²) < 4.78 is 32.5. The summed E-state index contributed by atoms with van der Waals surface area (Å²) >= 11 is 12.1. The van der Waals surface area contributed by atoms with E-state index in [1.54, 1.807) is 18.3 Å². The van der Waals surface area contributed by atoms with E-state index in [1.807, 2.05) is 0 Å². The highest BCUT2D eigenvalue weighted by Gasteiger charge is 2.30. The molecule has 0 aliphatic heterocycles. The van der Waals surface area contributed by atoms with Crippen molar-refractivity contribution in [3.63, 3.8) is 0 Å². The van der Waals surface area contributed by atoms with Gasteiger partial charge in [-0.05, 0) is 36.6 Å². The van der Waals surface area contributed by atoms with Gasteiger partial charge in [0.1, 0.15) is 4.90 Å². The molecule has 2 aromatic rings. The number of halogens is 2. The maximum absolute atomic E-state index is 12.5. The number of ether oxygens (including phenoxy) is 1. The third-order valence-electron chi connectivity index (χ3n) is 3.92. The fourth-order valence-electron chi connectivity index (χ4n) is 2.34. The van der Waals surface area contributed by atoms with Crippen molar-refractivity contribution >= 4 is 39.1 Å². The lowest BCUT2D eigenvalue weighted by molar-refractivity contribution is 0.0951. The van der Waals surface area contributed by atoms with Crippen molar-refractivity contribution in [1.29, 1.82) is 0 Å². The fraction of sp³-hybridized carbons (Fsp3) is 0.294. The molecule has 0 bridgehead atoms. The summed E-state index contributed by atoms with van der Waals surface area (Å²) in [7, 11) is -2.33. The van der Waals surface area contributed by atoms with Crippen LogP contribution < -0.4 is 14.8 Å². The standard InChI is InChI=1S/C17H17Cl2N3O4S/c1-26-16-6-10(4-5-20-16)9-21-17(23)12-7-15(14(19)8-13(12)18)27(24,25)22-11-2-3-11/h4-8,11,22H,2-3,9H2,1H3,(H,21,23). The second-order valence-corrected chi connectivity index (χ2v) is 8.54. The minimum absolute atomic E-state index is 0.0262. The number of amides is 1. The molecule has 1 saturated carbocycles. The van der Waals surface area contributed by atoms with Gasteiger partial charge in [0.05, 0.1) is 22.7 Å². The Kier molecular flexibility index (Phi) is 5.90. The molecule has 2 N–H and O–H groups in total. The Balaban J connectivity index is 1.80. The molecule has 1 amide bonds. The van der Waals surface area contributed by atoms with Crippen molar-refractivity contribution in [1.82, 2.24) is 15.0 Å². The average Bonchev–Trinajstić information content (AvgIpc) is 3.43. The number of methoxy groups -OCH3 is 1. The van der Waals surface area contributed by atoms with Crippen LogP contribution >= 0.6 is 23.2 Å². The first kappa shape index (κ1) is 19.9. The largest absolute Gasteiger partial charge is 0.481 e. The molecular formula is C17H17Cl2N3O4S. The van der Waals surface area contributed by atoms with Crippen molar-refractivity contribution < 1.29 is 17.9 Å². The van der Waals surface area contributed by atoms with Gasteiger partial charge in [-0.25, -0.2) is 18.1 Å². The van der Waals surface area contributed by atoms with Crippen LogP contribution in [0.15, 0.2) is 35.4 Å². The summed E-state index contributed by atoms with van der Waals surface area (Å²) in [6, 6.07) is 5.77. The Bertz CT molecular complexity index is 978. The van der Waals surface area contributed by atoms with Crippen molar-refractivity contribution in [2.75, 3.05) is 7.11 Å². The topological polar surface area (TPSA) is 97.4 Å². The van der Waals surface area contributed by atoms with Crippen LogP contribution in [-0.2, 0) is 16.6 Å². The van der Waals surface area contributed by atoms with Gasteiger partial charge in [0, 0.05) is 24.8 Å². The van der Waals surface area contributed by atoms with E-state index in [4.69, 9.17) is 27.9 Å². The second-order valence-electron chi connectivity index (χ2n) is 6.05. The number of carbonyl (C=O) groups is 1. The molecule has 10 heteroatoms. The van der Waals surface area contributed by atoms with Gasteiger partial charge in [-0.2, -0.15) is 0 Å². The molecule has 1 fully saturated rings. The Morgan fingerprint density at radius 1 is 1.26 bits per heavy atom. The van der Waals surface area contributed by atoms with Crippen LogP contribution in [0, 0.1) is 0 Å². The van der Waals surface area contributed by atoms with E-state index < -0.39 is 15.9 Å². The Morgan fingerprint density at radius 2 is 2.00 bits per heavy atom. The third-order valence-corrected chi connectivity index (χ3v) is 6.21. The predicted octanol–water partition coefficient (Wildman–Crippen LogP) is 2.77. The van der Waals surface area contributed by atoms with Crippen molar-refractivity contribution in [2.24, 2.45) is 0 Å². The minimum Gasteiger partial charge on any atom is -0.481 e. The molecule has 0 atom stereocenters. The van der Waals surface area contributed by atoms with Crippen LogP contribution in [-0.4, -0.2) is 32.5 Å². The molecule has 3 rings (SSSR count). The normalized spacial score (nSPS) is 14.0. The van der Waals surface area contributed by atoms with Gasteiger partial charge in [-0.3, -0.25) is 4.79 Å². The van der Waals surface area contributed by atoms with Gasteiger partial charge in [0.2, 0.25) is 15.9 Å². The van der Waals surface area contributed by atoms with Crippen LogP contribution in [0.25, 0.3) is 0 Å². The number of sulfonamides is 1. The molecule has 0 spiro atoms. The zero-order valence-corrected chi connectivity index (χ0v) is 16.7. The lowest BCUT2D eigenvalue weighted by Crippen LogP contribution is -2.27. The molecule has 7 nitrogen and oxygen atoms in total. The molecule has 1 aromatic heterocycles. The molecular weight excluding hydrogens is 413 g/mol. The Hall–Kier alpha value is -1.87. The molecule has 0 radical (unpaired) electrons. The van der Waals surface area contributed by atoms with Gasteiger partial charge in [0.15, 0.2) is 0 Å². The summed E-state index contributed by atoms with van der Waals surface area (Å²) in [5.74, 6) is -0.0962. The van der Waals surface area contributed by atoms with Gasteiger partial charge < -0.3 is 10.1 Å². The smallest absolute Gasteiger partial charge is 0.253 e. The van der Waals surface area contributed by atoms with Gasteiger partial charge >= 0.3 is 0 Å². The first-order valence-electron chi connectivity index (χ1n) is 8.08. The van der Waals surface area contributed by atoms with E-state index in [0.717, 1.165) is 18.4 Å². The van der Waals surface area contributed by atoms with E-state index in [-0.39, 0.29) is 33.1 Å². The number of hydrogen-bond donors (Lipinski definition) is 2. The van der Waals surface area contributed by atoms with Crippen LogP contribution in [0.2, 0.25) is 10.0 Å². The lowest BCUT2D eigenvalue weighted by Gasteiger charge is -2.12. The second kappa shape index (κ2) is 8.02. The highest BCUT2D eigenvalue weighted by atomic mass is 35.5. The molecule has 0 saturated heterocycles. The van der Waals surface area contributed by atoms with Crippen LogP contribution in [0.1, 0.15) is 28.8 Å². The predicted molar refractivity (Wildman–Crippen MR) is 102 cm³/mol. The minimum atomic E-state index is -3.82. The van der Waals surface area contributed by atoms with Crippen LogP contribution in [0.4, 0.5) is 0 Å². The number of hydrogen-bond acceptors (Lipinski definition) is 5. The van der Waals surface area contributed by atoms with E-state index >= 15 is 0 Å². The highest BCUT2D eigenvalue weighted by Crippen LogP contribution is 2.30. The maximum atomic E-state index is 12.5. The fourth-order valence-corrected chi connectivity index (χ4v) is 4.51. The SMILES string of the molecule is COc1cc(CNC(=O)c2cc(S(=O)(=O)NC3CC3)c(Cl)cc2Cl)ccn1. The van der Waals surface area contributed by atoms with Gasteiger partial charge in [-0.15, -0.1) is 0 Å². The number of carbonyl (C=O) groups excluding carboxylic acids is 1. The van der Waals surface area contributed by atoms with E-state index in [0.29, 0.717) is 5.88 Å². The molecule has 27 heavy (non-hydrogen) atoms. The summed E-state index contributed by atoms with van der Waals surface area (Å²) in [6.07, 6.45) is 3.13. The van der Waals surface area contributed by atoms with Crippen molar-refractivity contribution in [3.05, 3.63) is 51.6 Å². The molecule has 144 valence electrons. The Morgan fingerprint density at radius 3 is 2.67 bits per heavy atom. The van der Waals surface area contributed by atoms with E-state index in [1.165, 1.54) is 19.2 Å². The number of nitrogens with zero attached hydrogens (tertiary/aromatic N) is 1. The monoisotopic (exact) mass is 429 g/mol.